The van der Waals surface area contributed by atoms with E-state index in [9.17, 15) is 13.2 Å². The van der Waals surface area contributed by atoms with Crippen LogP contribution in [-0.2, 0) is 27.9 Å². The van der Waals surface area contributed by atoms with Crippen molar-refractivity contribution in [2.24, 2.45) is 0 Å². The molecule has 1 fully saturated rings. The van der Waals surface area contributed by atoms with Crippen molar-refractivity contribution in [2.75, 3.05) is 23.9 Å². The van der Waals surface area contributed by atoms with Gasteiger partial charge in [0.25, 0.3) is 15.9 Å². The van der Waals surface area contributed by atoms with Gasteiger partial charge in [-0.3, -0.25) is 14.0 Å². The van der Waals surface area contributed by atoms with Crippen LogP contribution in [0.5, 0.6) is 5.75 Å². The molecule has 0 aliphatic carbocycles. The van der Waals surface area contributed by atoms with Gasteiger partial charge in [0.1, 0.15) is 5.75 Å². The molecule has 0 unspecified atom stereocenters. The molecule has 3 aromatic carbocycles. The summed E-state index contributed by atoms with van der Waals surface area (Å²) < 4.78 is 34.7. The third-order valence-electron chi connectivity index (χ3n) is 7.30. The number of piperidine rings is 1. The molecule has 200 valence electrons. The van der Waals surface area contributed by atoms with E-state index in [4.69, 9.17) is 4.74 Å². The van der Waals surface area contributed by atoms with Crippen LogP contribution in [0.3, 0.4) is 0 Å². The highest BCUT2D eigenvalue weighted by Crippen LogP contribution is 2.37. The minimum absolute atomic E-state index is 0.103. The maximum atomic E-state index is 13.7. The molecule has 1 N–H and O–H groups in total. The third-order valence-corrected chi connectivity index (χ3v) is 9.09. The van der Waals surface area contributed by atoms with Gasteiger partial charge in [0.05, 0.1) is 17.1 Å². The number of nitrogens with one attached hydrogen (secondary N) is 1. The highest BCUT2D eigenvalue weighted by Gasteiger charge is 2.37. The van der Waals surface area contributed by atoms with Crippen molar-refractivity contribution in [3.63, 3.8) is 0 Å². The molecule has 7 nitrogen and oxygen atoms in total. The summed E-state index contributed by atoms with van der Waals surface area (Å²) in [6.07, 6.45) is 2.76. The summed E-state index contributed by atoms with van der Waals surface area (Å²) in [5, 5.41) is 3.00. The molecule has 0 radical (unpaired) electrons. The monoisotopic (exact) mass is 533 g/mol. The number of hydrogen-bond acceptors (Lipinski definition) is 5. The molecule has 1 atom stereocenters. The van der Waals surface area contributed by atoms with Crippen molar-refractivity contribution < 1.29 is 17.9 Å². The lowest BCUT2D eigenvalue weighted by Gasteiger charge is -2.35. The first-order valence-corrected chi connectivity index (χ1v) is 14.7. The number of hydrogen-bond donors (Lipinski definition) is 1. The Balaban J connectivity index is 1.34. The van der Waals surface area contributed by atoms with Crippen LogP contribution in [0.25, 0.3) is 0 Å². The highest BCUT2D eigenvalue weighted by atomic mass is 32.2. The molecule has 8 heteroatoms. The average molecular weight is 534 g/mol. The van der Waals surface area contributed by atoms with Crippen LogP contribution in [0, 0.1) is 13.8 Å². The van der Waals surface area contributed by atoms with Gasteiger partial charge in [-0.1, -0.05) is 54.4 Å². The summed E-state index contributed by atoms with van der Waals surface area (Å²) in [5.41, 5.74) is 4.58. The number of fused-ring (bicyclic) bond motifs is 1. The van der Waals surface area contributed by atoms with Gasteiger partial charge in [-0.2, -0.15) is 0 Å². The van der Waals surface area contributed by atoms with E-state index in [1.807, 2.05) is 38.1 Å². The molecule has 3 aromatic rings. The summed E-state index contributed by atoms with van der Waals surface area (Å²) in [6, 6.07) is 20.3. The number of nitrogens with zero attached hydrogens (tertiary/aromatic N) is 2. The van der Waals surface area contributed by atoms with Gasteiger partial charge in [0.2, 0.25) is 0 Å². The smallest absolute Gasteiger partial charge is 0.264 e. The molecule has 0 saturated carbocycles. The lowest BCUT2D eigenvalue weighted by molar-refractivity contribution is -0.127. The van der Waals surface area contributed by atoms with Crippen LogP contribution in [0.2, 0.25) is 0 Å². The quantitative estimate of drug-likeness (QED) is 0.482. The minimum atomic E-state index is -3.90. The molecular weight excluding hydrogens is 498 g/mol. The summed E-state index contributed by atoms with van der Waals surface area (Å²) in [6.45, 7) is 7.12. The molecule has 38 heavy (non-hydrogen) atoms. The zero-order valence-electron chi connectivity index (χ0n) is 22.0. The number of sulfonamides is 1. The van der Waals surface area contributed by atoms with Crippen molar-refractivity contribution in [1.82, 2.24) is 10.2 Å². The van der Waals surface area contributed by atoms with E-state index in [1.165, 1.54) is 29.1 Å². The second-order valence-electron chi connectivity index (χ2n) is 10.3. The van der Waals surface area contributed by atoms with Crippen molar-refractivity contribution in [3.8, 4) is 5.75 Å². The average Bonchev–Trinajstić information content (AvgIpc) is 2.92. The maximum absolute atomic E-state index is 13.7. The molecule has 2 aliphatic rings. The molecule has 2 heterocycles. The lowest BCUT2D eigenvalue weighted by atomic mass is 10.0. The third kappa shape index (κ3) is 5.71. The maximum Gasteiger partial charge on any atom is 0.264 e. The van der Waals surface area contributed by atoms with Crippen molar-refractivity contribution in [3.05, 3.63) is 89.0 Å². The van der Waals surface area contributed by atoms with Crippen LogP contribution >= 0.6 is 0 Å². The number of likely N-dealkylation sites (tertiary alicyclic amines) is 1. The Morgan fingerprint density at radius 1 is 0.921 bits per heavy atom. The molecule has 1 saturated heterocycles. The second-order valence-corrected chi connectivity index (χ2v) is 12.1. The molecule has 0 aromatic heterocycles. The van der Waals surface area contributed by atoms with Crippen molar-refractivity contribution in [1.29, 1.82) is 0 Å². The Morgan fingerprint density at radius 3 is 2.34 bits per heavy atom. The first-order valence-electron chi connectivity index (χ1n) is 13.2. The zero-order valence-corrected chi connectivity index (χ0v) is 22.8. The molecule has 0 spiro atoms. The van der Waals surface area contributed by atoms with Crippen LogP contribution in [0.1, 0.15) is 41.5 Å². The normalized spacial score (nSPS) is 17.9. The fourth-order valence-electron chi connectivity index (χ4n) is 5.10. The SMILES string of the molecule is Cc1ccc(S(=O)(=O)N2C[C@@H](C(=O)NCc3ccccc3CN3CCCCC3)Oc3ccc(C)cc32)cc1. The number of rotatable bonds is 7. The first kappa shape index (κ1) is 26.3. The van der Waals surface area contributed by atoms with Crippen molar-refractivity contribution in [2.45, 2.75) is 57.2 Å². The summed E-state index contributed by atoms with van der Waals surface area (Å²) in [4.78, 5) is 16.0. The Kier molecular flexibility index (Phi) is 7.72. The molecule has 1 amide bonds. The number of anilines is 1. The van der Waals surface area contributed by atoms with E-state index in [-0.39, 0.29) is 17.3 Å². The van der Waals surface area contributed by atoms with Crippen LogP contribution in [0.4, 0.5) is 5.69 Å². The topological polar surface area (TPSA) is 79.0 Å². The molecule has 5 rings (SSSR count). The predicted octanol–water partition coefficient (Wildman–Crippen LogP) is 4.56. The standard InChI is InChI=1S/C30H35N3O4S/c1-22-10-13-26(14-11-22)38(35,36)33-21-29(37-28-15-12-23(2)18-27(28)33)30(34)31-19-24-8-4-5-9-25(24)20-32-16-6-3-7-17-32/h4-5,8-15,18,29H,3,6-7,16-17,19-21H2,1-2H3,(H,31,34)/t29-/m0/s1. The van der Waals surface area contributed by atoms with Gasteiger partial charge in [-0.05, 0) is 80.7 Å². The minimum Gasteiger partial charge on any atom is -0.476 e. The van der Waals surface area contributed by atoms with Crippen LogP contribution in [0.15, 0.2) is 71.6 Å². The van der Waals surface area contributed by atoms with Gasteiger partial charge >= 0.3 is 0 Å². The Hall–Kier alpha value is -3.36. The summed E-state index contributed by atoms with van der Waals surface area (Å²) in [7, 11) is -3.90. The van der Waals surface area contributed by atoms with Gasteiger partial charge < -0.3 is 10.1 Å². The second kappa shape index (κ2) is 11.2. The molecular formula is C30H35N3O4S. The molecule has 2 aliphatic heterocycles. The summed E-state index contributed by atoms with van der Waals surface area (Å²) >= 11 is 0. The van der Waals surface area contributed by atoms with E-state index in [0.29, 0.717) is 18.0 Å². The number of carbonyl (C=O) groups excluding carboxylic acids is 1. The fraction of sp³-hybridized carbons (Fsp3) is 0.367. The molecule has 0 bridgehead atoms. The Morgan fingerprint density at radius 2 is 1.61 bits per heavy atom. The van der Waals surface area contributed by atoms with E-state index >= 15 is 0 Å². The first-order chi connectivity index (χ1) is 18.3. The van der Waals surface area contributed by atoms with Gasteiger partial charge in [0, 0.05) is 13.1 Å². The number of aryl methyl sites for hydroxylation is 2. The van der Waals surface area contributed by atoms with E-state index < -0.39 is 16.1 Å². The van der Waals surface area contributed by atoms with Gasteiger partial charge in [-0.15, -0.1) is 0 Å². The zero-order chi connectivity index (χ0) is 26.7. The highest BCUT2D eigenvalue weighted by molar-refractivity contribution is 7.92. The van der Waals surface area contributed by atoms with E-state index in [2.05, 4.69) is 16.3 Å². The number of amides is 1. The Bertz CT molecular complexity index is 1400. The number of ether oxygens (including phenoxy) is 1. The van der Waals surface area contributed by atoms with E-state index in [1.54, 1.807) is 36.4 Å². The fourth-order valence-corrected chi connectivity index (χ4v) is 6.57. The largest absolute Gasteiger partial charge is 0.476 e. The number of carbonyl (C=O) groups is 1. The lowest BCUT2D eigenvalue weighted by Crippen LogP contribution is -2.50. The van der Waals surface area contributed by atoms with Crippen molar-refractivity contribution >= 4 is 21.6 Å². The van der Waals surface area contributed by atoms with Gasteiger partial charge in [0.15, 0.2) is 6.10 Å². The number of benzene rings is 3. The predicted molar refractivity (Wildman–Crippen MR) is 149 cm³/mol. The van der Waals surface area contributed by atoms with E-state index in [0.717, 1.165) is 36.3 Å². The summed E-state index contributed by atoms with van der Waals surface area (Å²) in [5.74, 6) is 0.0382. The van der Waals surface area contributed by atoms with Crippen LogP contribution in [-0.4, -0.2) is 45.0 Å². The Labute approximate surface area is 225 Å². The van der Waals surface area contributed by atoms with Gasteiger partial charge in [-0.25, -0.2) is 8.42 Å². The van der Waals surface area contributed by atoms with Crippen LogP contribution < -0.4 is 14.4 Å².